The van der Waals surface area contributed by atoms with Gasteiger partial charge in [0.05, 0.1) is 0 Å². The summed E-state index contributed by atoms with van der Waals surface area (Å²) in [4.78, 5) is 90.5. The summed E-state index contributed by atoms with van der Waals surface area (Å²) in [6.07, 6.45) is -0.419. The molecular formula is C41H66N4O12. The van der Waals surface area contributed by atoms with Crippen LogP contribution in [0.15, 0.2) is 30.3 Å². The van der Waals surface area contributed by atoms with Gasteiger partial charge in [0, 0.05) is 19.4 Å². The van der Waals surface area contributed by atoms with Gasteiger partial charge in [-0.05, 0) is 121 Å². The second kappa shape index (κ2) is 22.7. The van der Waals surface area contributed by atoms with Crippen LogP contribution in [0.2, 0.25) is 0 Å². The number of hydrogen-bond acceptors (Lipinski definition) is 12. The van der Waals surface area contributed by atoms with Crippen LogP contribution in [0, 0.1) is 0 Å². The maximum absolute atomic E-state index is 13.3. The number of unbranched alkanes of at least 4 members (excludes halogenated alkanes) is 1. The molecule has 0 aliphatic carbocycles. The second-order valence-corrected chi connectivity index (χ2v) is 17.6. The highest BCUT2D eigenvalue weighted by atomic mass is 16.6. The van der Waals surface area contributed by atoms with E-state index in [1.165, 1.54) is 0 Å². The van der Waals surface area contributed by atoms with Crippen molar-refractivity contribution in [3.05, 3.63) is 35.9 Å². The summed E-state index contributed by atoms with van der Waals surface area (Å²) in [7, 11) is 0. The van der Waals surface area contributed by atoms with Crippen LogP contribution in [-0.2, 0) is 54.3 Å². The average molecular weight is 807 g/mol. The summed E-state index contributed by atoms with van der Waals surface area (Å²) in [5.74, 6) is -3.50. The molecule has 16 heteroatoms. The van der Waals surface area contributed by atoms with E-state index in [0.717, 1.165) is 5.56 Å². The number of nitrogens with one attached hydrogen (secondary N) is 4. The van der Waals surface area contributed by atoms with Crippen molar-refractivity contribution in [1.82, 2.24) is 21.3 Å². The maximum atomic E-state index is 13.3. The van der Waals surface area contributed by atoms with Gasteiger partial charge in [0.15, 0.2) is 0 Å². The van der Waals surface area contributed by atoms with Crippen molar-refractivity contribution in [2.45, 2.75) is 175 Å². The number of hydrogen-bond donors (Lipinski definition) is 4. The second-order valence-electron chi connectivity index (χ2n) is 17.6. The highest BCUT2D eigenvalue weighted by Crippen LogP contribution is 2.16. The first kappa shape index (κ1) is 50.1. The minimum atomic E-state index is -1.35. The lowest BCUT2D eigenvalue weighted by Gasteiger charge is -2.27. The summed E-state index contributed by atoms with van der Waals surface area (Å²) in [6.45, 7) is 20.4. The zero-order valence-electron chi connectivity index (χ0n) is 35.9. The van der Waals surface area contributed by atoms with Crippen molar-refractivity contribution in [3.8, 4) is 0 Å². The Labute approximate surface area is 337 Å². The van der Waals surface area contributed by atoms with Crippen LogP contribution in [-0.4, -0.2) is 89.0 Å². The predicted molar refractivity (Wildman–Crippen MR) is 212 cm³/mol. The van der Waals surface area contributed by atoms with Gasteiger partial charge in [-0.25, -0.2) is 24.0 Å². The minimum absolute atomic E-state index is 0.122. The van der Waals surface area contributed by atoms with Crippen molar-refractivity contribution in [2.75, 3.05) is 6.54 Å². The molecule has 57 heavy (non-hydrogen) atoms. The number of rotatable bonds is 19. The van der Waals surface area contributed by atoms with Crippen molar-refractivity contribution in [1.29, 1.82) is 0 Å². The van der Waals surface area contributed by atoms with E-state index >= 15 is 0 Å². The number of urea groups is 1. The molecule has 0 saturated heterocycles. The number of alkyl carbamates (subject to hydrolysis) is 1. The zero-order chi connectivity index (χ0) is 43.6. The molecule has 16 nitrogen and oxygen atoms in total. The van der Waals surface area contributed by atoms with Crippen LogP contribution < -0.4 is 21.3 Å². The van der Waals surface area contributed by atoms with E-state index in [1.807, 2.05) is 30.3 Å². The summed E-state index contributed by atoms with van der Waals surface area (Å²) in [6, 6.07) is 4.59. The van der Waals surface area contributed by atoms with E-state index in [1.54, 1.807) is 83.1 Å². The molecule has 0 unspecified atom stereocenters. The Hall–Kier alpha value is -4.89. The van der Waals surface area contributed by atoms with Crippen LogP contribution in [0.25, 0.3) is 0 Å². The van der Waals surface area contributed by atoms with Crippen molar-refractivity contribution >= 4 is 41.9 Å². The highest BCUT2D eigenvalue weighted by Gasteiger charge is 2.33. The van der Waals surface area contributed by atoms with E-state index in [4.69, 9.17) is 23.7 Å². The van der Waals surface area contributed by atoms with Crippen molar-refractivity contribution in [3.63, 3.8) is 0 Å². The number of carbonyl (C=O) groups is 7. The molecule has 0 spiro atoms. The van der Waals surface area contributed by atoms with Gasteiger partial charge in [-0.15, -0.1) is 0 Å². The van der Waals surface area contributed by atoms with Crippen LogP contribution in [0.5, 0.6) is 0 Å². The first-order valence-electron chi connectivity index (χ1n) is 19.3. The largest absolute Gasteiger partial charge is 0.460 e. The molecule has 0 bridgehead atoms. The summed E-state index contributed by atoms with van der Waals surface area (Å²) in [5.41, 5.74) is -2.61. The predicted octanol–water partition coefficient (Wildman–Crippen LogP) is 5.53. The number of esters is 4. The first-order valence-corrected chi connectivity index (χ1v) is 19.3. The van der Waals surface area contributed by atoms with Crippen LogP contribution >= 0.6 is 0 Å². The molecule has 0 aliphatic rings. The normalized spacial score (nSPS) is 13.5. The molecule has 0 heterocycles. The quantitative estimate of drug-likeness (QED) is 0.0772. The van der Waals surface area contributed by atoms with Gasteiger partial charge in [-0.3, -0.25) is 9.59 Å². The standard InChI is InChI=1S/C41H66N4O12/c1-38(2,3)54-32(47)24-22-30(35(50)57-41(10,11)12)45-36(51)44-29(34(49)56-40(7,8)9)21-23-31(46)43-28(33(48)55-39(4,5)6)20-16-17-25-42-37(52)53-26-27-18-14-13-15-19-27/h13-15,18-19,28-30H,16-17,20-26H2,1-12H3,(H,42,52)(H,43,46)(H2,44,45,51)/t28-,29-,30-/m0/s1. The first-order chi connectivity index (χ1) is 26.1. The summed E-state index contributed by atoms with van der Waals surface area (Å²) in [5, 5.41) is 10.3. The van der Waals surface area contributed by atoms with Crippen molar-refractivity contribution < 1.29 is 57.2 Å². The third-order valence-corrected chi connectivity index (χ3v) is 7.14. The molecule has 3 atom stereocenters. The third-order valence-electron chi connectivity index (χ3n) is 7.14. The van der Waals surface area contributed by atoms with Gasteiger partial charge in [-0.2, -0.15) is 0 Å². The smallest absolute Gasteiger partial charge is 0.407 e. The number of ether oxygens (including phenoxy) is 5. The molecule has 322 valence electrons. The molecule has 4 N–H and O–H groups in total. The molecule has 0 radical (unpaired) electrons. The van der Waals surface area contributed by atoms with Gasteiger partial charge < -0.3 is 45.0 Å². The van der Waals surface area contributed by atoms with E-state index in [2.05, 4.69) is 21.3 Å². The topological polar surface area (TPSA) is 214 Å². The van der Waals surface area contributed by atoms with Gasteiger partial charge in [0.2, 0.25) is 5.91 Å². The Kier molecular flexibility index (Phi) is 20.0. The fourth-order valence-corrected chi connectivity index (χ4v) is 4.86. The number of benzene rings is 1. The Bertz CT molecular complexity index is 1490. The van der Waals surface area contributed by atoms with E-state index < -0.39 is 82.4 Å². The number of amides is 4. The molecule has 1 rings (SSSR count). The lowest BCUT2D eigenvalue weighted by Crippen LogP contribution is -2.53. The fourth-order valence-electron chi connectivity index (χ4n) is 4.86. The van der Waals surface area contributed by atoms with Crippen LogP contribution in [0.1, 0.15) is 134 Å². The third kappa shape index (κ3) is 25.1. The number of carbonyl (C=O) groups excluding carboxylic acids is 7. The fraction of sp³-hybridized carbons (Fsp3) is 0.683. The molecule has 0 aliphatic heterocycles. The minimum Gasteiger partial charge on any atom is -0.460 e. The lowest BCUT2D eigenvalue weighted by atomic mass is 10.1. The van der Waals surface area contributed by atoms with Gasteiger partial charge in [-0.1, -0.05) is 30.3 Å². The Morgan fingerprint density at radius 2 is 0.982 bits per heavy atom. The SMILES string of the molecule is CC(C)(C)OC(=O)CC[C@H](NC(=O)N[C@@H](CCC(=O)N[C@@H](CCCCNC(=O)OCc1ccccc1)C(=O)OC(C)(C)C)C(=O)OC(C)(C)C)C(=O)OC(C)(C)C. The molecule has 1 aromatic carbocycles. The molecule has 0 saturated carbocycles. The van der Waals surface area contributed by atoms with Crippen molar-refractivity contribution in [2.24, 2.45) is 0 Å². The molecule has 0 fully saturated rings. The lowest BCUT2D eigenvalue weighted by molar-refractivity contribution is -0.160. The molecule has 1 aromatic rings. The Balaban J connectivity index is 2.98. The van der Waals surface area contributed by atoms with Gasteiger partial charge in [0.1, 0.15) is 47.1 Å². The highest BCUT2D eigenvalue weighted by molar-refractivity contribution is 5.89. The monoisotopic (exact) mass is 806 g/mol. The van der Waals surface area contributed by atoms with E-state index in [0.29, 0.717) is 12.8 Å². The molecule has 4 amide bonds. The Morgan fingerprint density at radius 1 is 0.544 bits per heavy atom. The van der Waals surface area contributed by atoms with E-state index in [-0.39, 0.29) is 45.3 Å². The maximum Gasteiger partial charge on any atom is 0.407 e. The molecular weight excluding hydrogens is 740 g/mol. The molecule has 0 aromatic heterocycles. The average Bonchev–Trinajstić information content (AvgIpc) is 3.04. The summed E-state index contributed by atoms with van der Waals surface area (Å²) >= 11 is 0. The van der Waals surface area contributed by atoms with Crippen LogP contribution in [0.3, 0.4) is 0 Å². The van der Waals surface area contributed by atoms with Crippen LogP contribution in [0.4, 0.5) is 9.59 Å². The van der Waals surface area contributed by atoms with Gasteiger partial charge >= 0.3 is 36.0 Å². The summed E-state index contributed by atoms with van der Waals surface area (Å²) < 4.78 is 27.0. The Morgan fingerprint density at radius 3 is 1.44 bits per heavy atom. The van der Waals surface area contributed by atoms with E-state index in [9.17, 15) is 33.6 Å². The zero-order valence-corrected chi connectivity index (χ0v) is 35.9. The van der Waals surface area contributed by atoms with Gasteiger partial charge in [0.25, 0.3) is 0 Å².